The van der Waals surface area contributed by atoms with Gasteiger partial charge in [0, 0.05) is 23.8 Å². The van der Waals surface area contributed by atoms with Crippen molar-refractivity contribution in [3.05, 3.63) is 108 Å². The van der Waals surface area contributed by atoms with E-state index in [0.29, 0.717) is 10.8 Å². The van der Waals surface area contributed by atoms with Gasteiger partial charge in [-0.05, 0) is 67.7 Å². The molecule has 0 amide bonds. The van der Waals surface area contributed by atoms with Crippen LogP contribution in [0.1, 0.15) is 29.2 Å². The summed E-state index contributed by atoms with van der Waals surface area (Å²) in [6, 6.07) is 19.9. The van der Waals surface area contributed by atoms with Crippen molar-refractivity contribution in [3.8, 4) is 5.69 Å². The number of thiocarbonyl (C=S) groups is 1. The Hall–Kier alpha value is -3.58. The SMILES string of the molecule is Cc1ccc([C@H]2[C@@H](c3ccccn3)NC(=S)N2c2ccccc2F)n1-c1cccnc1. The van der Waals surface area contributed by atoms with Crippen LogP contribution in [0.15, 0.2) is 85.3 Å². The van der Waals surface area contributed by atoms with Crippen molar-refractivity contribution >= 4 is 23.0 Å². The van der Waals surface area contributed by atoms with Gasteiger partial charge >= 0.3 is 0 Å². The molecule has 2 atom stereocenters. The van der Waals surface area contributed by atoms with Crippen LogP contribution in [0.25, 0.3) is 5.69 Å². The van der Waals surface area contributed by atoms with Gasteiger partial charge in [0.1, 0.15) is 11.9 Å². The molecular formula is C24H20FN5S. The molecule has 0 radical (unpaired) electrons. The molecule has 0 spiro atoms. The summed E-state index contributed by atoms with van der Waals surface area (Å²) in [5.74, 6) is -0.325. The predicted molar refractivity (Wildman–Crippen MR) is 123 cm³/mol. The van der Waals surface area contributed by atoms with Gasteiger partial charge in [-0.25, -0.2) is 4.39 Å². The zero-order valence-corrected chi connectivity index (χ0v) is 17.6. The first kappa shape index (κ1) is 19.4. The van der Waals surface area contributed by atoms with E-state index in [1.54, 1.807) is 24.5 Å². The Morgan fingerprint density at radius 3 is 2.55 bits per heavy atom. The Labute approximate surface area is 185 Å². The summed E-state index contributed by atoms with van der Waals surface area (Å²) in [6.45, 7) is 2.04. The van der Waals surface area contributed by atoms with E-state index in [2.05, 4.69) is 32.0 Å². The van der Waals surface area contributed by atoms with Crippen molar-refractivity contribution in [2.45, 2.75) is 19.0 Å². The number of para-hydroxylation sites is 1. The van der Waals surface area contributed by atoms with Crippen molar-refractivity contribution in [2.24, 2.45) is 0 Å². The van der Waals surface area contributed by atoms with E-state index in [4.69, 9.17) is 12.2 Å². The zero-order chi connectivity index (χ0) is 21.4. The van der Waals surface area contributed by atoms with Crippen LogP contribution in [0.5, 0.6) is 0 Å². The molecule has 1 aliphatic rings. The summed E-state index contributed by atoms with van der Waals surface area (Å²) >= 11 is 5.70. The summed E-state index contributed by atoms with van der Waals surface area (Å²) in [6.07, 6.45) is 5.32. The third kappa shape index (κ3) is 3.37. The minimum atomic E-state index is -0.325. The smallest absolute Gasteiger partial charge is 0.174 e. The van der Waals surface area contributed by atoms with Gasteiger partial charge in [0.15, 0.2) is 5.11 Å². The summed E-state index contributed by atoms with van der Waals surface area (Å²) in [5, 5.41) is 3.84. The van der Waals surface area contributed by atoms with Crippen LogP contribution in [-0.2, 0) is 0 Å². The second-order valence-corrected chi connectivity index (χ2v) is 7.78. The first-order valence-corrected chi connectivity index (χ1v) is 10.4. The topological polar surface area (TPSA) is 46.0 Å². The lowest BCUT2D eigenvalue weighted by atomic mass is 10.0. The maximum absolute atomic E-state index is 14.9. The van der Waals surface area contributed by atoms with Gasteiger partial charge in [-0.3, -0.25) is 9.97 Å². The number of nitrogens with one attached hydrogen (secondary N) is 1. The third-order valence-corrected chi connectivity index (χ3v) is 5.84. The number of rotatable bonds is 4. The van der Waals surface area contributed by atoms with Gasteiger partial charge in [-0.1, -0.05) is 18.2 Å². The largest absolute Gasteiger partial charge is 0.351 e. The molecule has 1 fully saturated rings. The van der Waals surface area contributed by atoms with Crippen molar-refractivity contribution in [2.75, 3.05) is 4.90 Å². The number of benzene rings is 1. The number of aryl methyl sites for hydroxylation is 1. The van der Waals surface area contributed by atoms with E-state index in [1.165, 1.54) is 6.07 Å². The van der Waals surface area contributed by atoms with Crippen LogP contribution >= 0.6 is 12.2 Å². The number of aromatic nitrogens is 3. The molecule has 3 aromatic heterocycles. The highest BCUT2D eigenvalue weighted by Gasteiger charge is 2.43. The molecular weight excluding hydrogens is 409 g/mol. The third-order valence-electron chi connectivity index (χ3n) is 5.52. The molecule has 1 aromatic carbocycles. The molecule has 31 heavy (non-hydrogen) atoms. The summed E-state index contributed by atoms with van der Waals surface area (Å²) in [4.78, 5) is 10.7. The molecule has 0 bridgehead atoms. The molecule has 0 aliphatic carbocycles. The van der Waals surface area contributed by atoms with Gasteiger partial charge < -0.3 is 14.8 Å². The molecule has 4 aromatic rings. The minimum Gasteiger partial charge on any atom is -0.351 e. The summed E-state index contributed by atoms with van der Waals surface area (Å²) < 4.78 is 17.0. The highest BCUT2D eigenvalue weighted by atomic mass is 32.1. The minimum absolute atomic E-state index is 0.252. The Bertz CT molecular complexity index is 1230. The van der Waals surface area contributed by atoms with E-state index in [1.807, 2.05) is 54.4 Å². The Morgan fingerprint density at radius 2 is 1.81 bits per heavy atom. The van der Waals surface area contributed by atoms with E-state index < -0.39 is 0 Å². The second-order valence-electron chi connectivity index (χ2n) is 7.39. The van der Waals surface area contributed by atoms with Gasteiger partial charge in [-0.15, -0.1) is 0 Å². The van der Waals surface area contributed by atoms with E-state index in [9.17, 15) is 4.39 Å². The lowest BCUT2D eigenvalue weighted by Crippen LogP contribution is -2.31. The lowest BCUT2D eigenvalue weighted by Gasteiger charge is -2.29. The normalized spacial score (nSPS) is 18.3. The molecule has 7 heteroatoms. The van der Waals surface area contributed by atoms with Crippen molar-refractivity contribution in [1.29, 1.82) is 0 Å². The fraction of sp³-hybridized carbons (Fsp3) is 0.125. The number of pyridine rings is 2. The maximum atomic E-state index is 14.9. The summed E-state index contributed by atoms with van der Waals surface area (Å²) in [5.41, 5.74) is 4.22. The average molecular weight is 430 g/mol. The lowest BCUT2D eigenvalue weighted by molar-refractivity contribution is 0.540. The van der Waals surface area contributed by atoms with E-state index in [-0.39, 0.29) is 17.9 Å². The molecule has 5 nitrogen and oxygen atoms in total. The van der Waals surface area contributed by atoms with E-state index >= 15 is 0 Å². The van der Waals surface area contributed by atoms with Crippen LogP contribution in [0, 0.1) is 12.7 Å². The first-order valence-electron chi connectivity index (χ1n) is 9.99. The number of nitrogens with zero attached hydrogens (tertiary/aromatic N) is 4. The average Bonchev–Trinajstić information content (AvgIpc) is 3.35. The molecule has 1 N–H and O–H groups in total. The number of hydrogen-bond acceptors (Lipinski definition) is 3. The Balaban J connectivity index is 1.72. The van der Waals surface area contributed by atoms with Gasteiger partial charge in [0.2, 0.25) is 0 Å². The molecule has 1 aliphatic heterocycles. The molecule has 0 saturated carbocycles. The van der Waals surface area contributed by atoms with Crippen LogP contribution in [0.2, 0.25) is 0 Å². The van der Waals surface area contributed by atoms with Gasteiger partial charge in [0.25, 0.3) is 0 Å². The zero-order valence-electron chi connectivity index (χ0n) is 16.8. The number of hydrogen-bond donors (Lipinski definition) is 1. The maximum Gasteiger partial charge on any atom is 0.174 e. The first-order chi connectivity index (χ1) is 15.1. The molecule has 5 rings (SSSR count). The number of halogens is 1. The van der Waals surface area contributed by atoms with Crippen molar-refractivity contribution in [3.63, 3.8) is 0 Å². The standard InChI is InChI=1S/C24H20FN5S/c1-16-11-12-21(29(16)17-7-6-13-26-15-17)23-22(19-9-4-5-14-27-19)28-24(31)30(23)20-10-3-2-8-18(20)25/h2-15,22-23H,1H3,(H,28,31)/t22-,23+/m1/s1. The van der Waals surface area contributed by atoms with Crippen LogP contribution in [-0.4, -0.2) is 19.6 Å². The molecule has 154 valence electrons. The van der Waals surface area contributed by atoms with Gasteiger partial charge in [0.05, 0.1) is 29.3 Å². The Morgan fingerprint density at radius 1 is 0.968 bits per heavy atom. The van der Waals surface area contributed by atoms with E-state index in [0.717, 1.165) is 22.8 Å². The van der Waals surface area contributed by atoms with Crippen molar-refractivity contribution < 1.29 is 4.39 Å². The highest BCUT2D eigenvalue weighted by molar-refractivity contribution is 7.80. The number of anilines is 1. The fourth-order valence-electron chi connectivity index (χ4n) is 4.19. The monoisotopic (exact) mass is 429 g/mol. The van der Waals surface area contributed by atoms with Crippen molar-refractivity contribution in [1.82, 2.24) is 19.9 Å². The quantitative estimate of drug-likeness (QED) is 0.468. The van der Waals surface area contributed by atoms with Crippen LogP contribution in [0.4, 0.5) is 10.1 Å². The summed E-state index contributed by atoms with van der Waals surface area (Å²) in [7, 11) is 0. The molecule has 1 saturated heterocycles. The Kier molecular flexibility index (Phi) is 4.95. The van der Waals surface area contributed by atoms with Crippen LogP contribution < -0.4 is 10.2 Å². The second kappa shape index (κ2) is 7.92. The fourth-order valence-corrected chi connectivity index (χ4v) is 4.53. The molecule has 4 heterocycles. The highest BCUT2D eigenvalue weighted by Crippen LogP contribution is 2.43. The predicted octanol–water partition coefficient (Wildman–Crippen LogP) is 4.89. The molecule has 0 unspecified atom stereocenters. The van der Waals surface area contributed by atoms with Crippen LogP contribution in [0.3, 0.4) is 0 Å². The van der Waals surface area contributed by atoms with Gasteiger partial charge in [-0.2, -0.15) is 0 Å².